The quantitative estimate of drug-likeness (QED) is 0.731. The normalized spacial score (nSPS) is 27.8. The monoisotopic (exact) mass is 240 g/mol. The number of aliphatic hydroxyl groups is 2. The Kier molecular flexibility index (Phi) is 4.90. The topological polar surface area (TPSA) is 66.8 Å². The van der Waals surface area contributed by atoms with Gasteiger partial charge in [0, 0.05) is 6.42 Å². The summed E-state index contributed by atoms with van der Waals surface area (Å²) in [6, 6.07) is 0. The molecule has 4 heteroatoms. The maximum atomic E-state index is 11.8. The fourth-order valence-electron chi connectivity index (χ4n) is 1.90. The van der Waals surface area contributed by atoms with Gasteiger partial charge >= 0.3 is 0 Å². The maximum Gasteiger partial charge on any atom is 0.142 e. The van der Waals surface area contributed by atoms with Gasteiger partial charge in [0.05, 0.1) is 18.1 Å². The van der Waals surface area contributed by atoms with Gasteiger partial charge in [-0.15, -0.1) is 0 Å². The predicted octanol–water partition coefficient (Wildman–Crippen LogP) is 1.19. The zero-order chi connectivity index (χ0) is 12.9. The van der Waals surface area contributed by atoms with E-state index in [-0.39, 0.29) is 19.0 Å². The summed E-state index contributed by atoms with van der Waals surface area (Å²) in [7, 11) is 0. The van der Waals surface area contributed by atoms with Gasteiger partial charge in [-0.2, -0.15) is 0 Å². The fourth-order valence-corrected chi connectivity index (χ4v) is 1.90. The molecule has 0 bridgehead atoms. The molecule has 2 unspecified atom stereocenters. The van der Waals surface area contributed by atoms with Crippen LogP contribution >= 0.6 is 0 Å². The average molecular weight is 240 g/mol. The summed E-state index contributed by atoms with van der Waals surface area (Å²) < 4.78 is 5.21. The number of ketones is 1. The Labute approximate surface area is 102 Å². The van der Waals surface area contributed by atoms with E-state index >= 15 is 0 Å². The highest BCUT2D eigenvalue weighted by atomic mass is 16.5. The first-order valence-corrected chi connectivity index (χ1v) is 5.91. The Morgan fingerprint density at radius 2 is 2.29 bits per heavy atom. The largest absolute Gasteiger partial charge is 0.491 e. The Bertz CT molecular complexity index is 328. The summed E-state index contributed by atoms with van der Waals surface area (Å²) >= 11 is 0. The molecule has 0 aromatic rings. The van der Waals surface area contributed by atoms with Gasteiger partial charge in [-0.1, -0.05) is 13.0 Å². The van der Waals surface area contributed by atoms with Crippen molar-refractivity contribution in [1.29, 1.82) is 0 Å². The Morgan fingerprint density at radius 1 is 1.59 bits per heavy atom. The van der Waals surface area contributed by atoms with E-state index in [0.29, 0.717) is 12.2 Å². The molecule has 2 N–H and O–H groups in total. The van der Waals surface area contributed by atoms with Crippen LogP contribution in [0.3, 0.4) is 0 Å². The summed E-state index contributed by atoms with van der Waals surface area (Å²) in [6.45, 7) is 3.63. The van der Waals surface area contributed by atoms with Crippen LogP contribution in [0, 0.1) is 5.92 Å². The van der Waals surface area contributed by atoms with Crippen molar-refractivity contribution in [2.75, 3.05) is 13.2 Å². The van der Waals surface area contributed by atoms with E-state index in [1.54, 1.807) is 19.1 Å². The molecule has 0 aromatic heterocycles. The molecule has 17 heavy (non-hydrogen) atoms. The van der Waals surface area contributed by atoms with Crippen LogP contribution in [0.5, 0.6) is 0 Å². The number of carbonyl (C=O) groups excluding carboxylic acids is 1. The minimum absolute atomic E-state index is 0.0335. The molecule has 96 valence electrons. The van der Waals surface area contributed by atoms with Crippen molar-refractivity contribution in [3.05, 3.63) is 24.0 Å². The average Bonchev–Trinajstić information content (AvgIpc) is 2.25. The molecule has 0 radical (unpaired) electrons. The van der Waals surface area contributed by atoms with E-state index in [2.05, 4.69) is 0 Å². The standard InChI is InChI=1S/C13H20O4/c1-3-4-12(15)11-6-5-10(17-8-7-14)9-13(11,2)16/h5-6,9,11,14,16H,3-4,7-8H2,1-2H3. The highest BCUT2D eigenvalue weighted by molar-refractivity contribution is 5.84. The third-order valence-electron chi connectivity index (χ3n) is 2.72. The number of allylic oxidation sites excluding steroid dienone is 1. The summed E-state index contributed by atoms with van der Waals surface area (Å²) in [4.78, 5) is 11.8. The van der Waals surface area contributed by atoms with E-state index < -0.39 is 11.5 Å². The third kappa shape index (κ3) is 3.68. The van der Waals surface area contributed by atoms with Crippen LogP contribution in [0.4, 0.5) is 0 Å². The lowest BCUT2D eigenvalue weighted by molar-refractivity contribution is -0.126. The van der Waals surface area contributed by atoms with Crippen LogP contribution in [0.25, 0.3) is 0 Å². The van der Waals surface area contributed by atoms with E-state index in [1.807, 2.05) is 6.92 Å². The maximum absolute atomic E-state index is 11.8. The number of hydrogen-bond acceptors (Lipinski definition) is 4. The molecule has 0 aliphatic heterocycles. The molecule has 0 spiro atoms. The fraction of sp³-hybridized carbons (Fsp3) is 0.615. The van der Waals surface area contributed by atoms with Crippen molar-refractivity contribution in [1.82, 2.24) is 0 Å². The summed E-state index contributed by atoms with van der Waals surface area (Å²) in [5.74, 6) is 0.0136. The molecule has 1 aliphatic rings. The van der Waals surface area contributed by atoms with E-state index in [0.717, 1.165) is 6.42 Å². The van der Waals surface area contributed by atoms with Crippen molar-refractivity contribution in [3.63, 3.8) is 0 Å². The molecule has 1 aliphatic carbocycles. The van der Waals surface area contributed by atoms with Gasteiger partial charge in [0.15, 0.2) is 0 Å². The SMILES string of the molecule is CCCC(=O)C1C=CC(OCCO)=CC1(C)O. The van der Waals surface area contributed by atoms with Crippen molar-refractivity contribution >= 4 is 5.78 Å². The molecule has 4 nitrogen and oxygen atoms in total. The van der Waals surface area contributed by atoms with Crippen molar-refractivity contribution in [2.45, 2.75) is 32.3 Å². The van der Waals surface area contributed by atoms with Gasteiger partial charge in [-0.3, -0.25) is 4.79 Å². The number of ether oxygens (including phenoxy) is 1. The molecule has 0 saturated heterocycles. The van der Waals surface area contributed by atoms with Gasteiger partial charge < -0.3 is 14.9 Å². The van der Waals surface area contributed by atoms with Crippen LogP contribution in [0.2, 0.25) is 0 Å². The van der Waals surface area contributed by atoms with Crippen LogP contribution < -0.4 is 0 Å². The smallest absolute Gasteiger partial charge is 0.142 e. The zero-order valence-electron chi connectivity index (χ0n) is 10.3. The van der Waals surface area contributed by atoms with E-state index in [1.165, 1.54) is 6.08 Å². The highest BCUT2D eigenvalue weighted by Gasteiger charge is 2.35. The summed E-state index contributed by atoms with van der Waals surface area (Å²) in [6.07, 6.45) is 6.11. The van der Waals surface area contributed by atoms with Crippen LogP contribution in [-0.2, 0) is 9.53 Å². The lowest BCUT2D eigenvalue weighted by Crippen LogP contribution is -2.38. The summed E-state index contributed by atoms with van der Waals surface area (Å²) in [5.41, 5.74) is -1.22. The van der Waals surface area contributed by atoms with Gasteiger partial charge in [-0.25, -0.2) is 0 Å². The first kappa shape index (κ1) is 13.9. The molecular weight excluding hydrogens is 220 g/mol. The Balaban J connectivity index is 2.73. The Hall–Kier alpha value is -1.13. The predicted molar refractivity (Wildman–Crippen MR) is 64.3 cm³/mol. The number of carbonyl (C=O) groups is 1. The molecule has 2 atom stereocenters. The number of Topliss-reactive ketones (excluding diaryl/α,β-unsaturated/α-hetero) is 1. The second kappa shape index (κ2) is 5.98. The number of rotatable bonds is 6. The van der Waals surface area contributed by atoms with Gasteiger partial charge in [0.25, 0.3) is 0 Å². The van der Waals surface area contributed by atoms with Gasteiger partial charge in [-0.05, 0) is 25.5 Å². The summed E-state index contributed by atoms with van der Waals surface area (Å²) in [5, 5.41) is 18.9. The lowest BCUT2D eigenvalue weighted by atomic mass is 9.81. The first-order valence-electron chi connectivity index (χ1n) is 5.91. The minimum atomic E-state index is -1.22. The van der Waals surface area contributed by atoms with Crippen molar-refractivity contribution in [2.24, 2.45) is 5.92 Å². The molecule has 1 rings (SSSR count). The van der Waals surface area contributed by atoms with Gasteiger partial charge in [0.2, 0.25) is 0 Å². The van der Waals surface area contributed by atoms with Crippen LogP contribution in [0.15, 0.2) is 24.0 Å². The van der Waals surface area contributed by atoms with Crippen LogP contribution in [0.1, 0.15) is 26.7 Å². The van der Waals surface area contributed by atoms with Crippen molar-refractivity contribution < 1.29 is 19.7 Å². The second-order valence-electron chi connectivity index (χ2n) is 4.40. The molecule has 0 heterocycles. The molecule has 0 fully saturated rings. The number of aliphatic hydroxyl groups excluding tert-OH is 1. The zero-order valence-corrected chi connectivity index (χ0v) is 10.3. The third-order valence-corrected chi connectivity index (χ3v) is 2.72. The second-order valence-corrected chi connectivity index (χ2v) is 4.40. The lowest BCUT2D eigenvalue weighted by Gasteiger charge is -2.30. The highest BCUT2D eigenvalue weighted by Crippen LogP contribution is 2.29. The molecule has 0 saturated carbocycles. The first-order chi connectivity index (χ1) is 8.01. The van der Waals surface area contributed by atoms with E-state index in [4.69, 9.17) is 9.84 Å². The van der Waals surface area contributed by atoms with Crippen molar-refractivity contribution in [3.8, 4) is 0 Å². The minimum Gasteiger partial charge on any atom is -0.491 e. The molecule has 0 amide bonds. The van der Waals surface area contributed by atoms with Crippen LogP contribution in [-0.4, -0.2) is 34.8 Å². The molecule has 0 aromatic carbocycles. The Morgan fingerprint density at radius 3 is 2.82 bits per heavy atom. The number of hydrogen-bond donors (Lipinski definition) is 2. The van der Waals surface area contributed by atoms with Gasteiger partial charge in [0.1, 0.15) is 18.1 Å². The van der Waals surface area contributed by atoms with E-state index in [9.17, 15) is 9.90 Å². The molecular formula is C13H20O4.